The summed E-state index contributed by atoms with van der Waals surface area (Å²) >= 11 is 0. The van der Waals surface area contributed by atoms with Crippen LogP contribution in [0.3, 0.4) is 0 Å². The van der Waals surface area contributed by atoms with Gasteiger partial charge in [0.2, 0.25) is 0 Å². The third kappa shape index (κ3) is 2.74. The van der Waals surface area contributed by atoms with Crippen LogP contribution in [0.25, 0.3) is 0 Å². The van der Waals surface area contributed by atoms with Crippen molar-refractivity contribution in [1.29, 1.82) is 0 Å². The first-order valence-corrected chi connectivity index (χ1v) is 5.91. The zero-order valence-corrected chi connectivity index (χ0v) is 10.3. The Morgan fingerprint density at radius 3 is 2.59 bits per heavy atom. The summed E-state index contributed by atoms with van der Waals surface area (Å²) in [6, 6.07) is 6.29. The molecule has 1 heterocycles. The molecule has 1 aromatic heterocycles. The van der Waals surface area contributed by atoms with Crippen molar-refractivity contribution in [2.24, 2.45) is 0 Å². The smallest absolute Gasteiger partial charge is 0.135 e. The van der Waals surface area contributed by atoms with Crippen molar-refractivity contribution in [3.8, 4) is 0 Å². The van der Waals surface area contributed by atoms with Gasteiger partial charge in [0.25, 0.3) is 0 Å². The van der Waals surface area contributed by atoms with E-state index < -0.39 is 6.10 Å². The van der Waals surface area contributed by atoms with Crippen molar-refractivity contribution in [3.05, 3.63) is 53.1 Å². The first-order valence-electron chi connectivity index (χ1n) is 5.91. The van der Waals surface area contributed by atoms with E-state index >= 15 is 0 Å². The molecule has 0 saturated carbocycles. The van der Waals surface area contributed by atoms with E-state index in [1.165, 1.54) is 16.7 Å². The summed E-state index contributed by atoms with van der Waals surface area (Å²) in [7, 11) is 0. The number of benzene rings is 1. The van der Waals surface area contributed by atoms with E-state index in [1.54, 1.807) is 12.4 Å². The molecular formula is C14H18N2O. The molecule has 2 aromatic rings. The lowest BCUT2D eigenvalue weighted by molar-refractivity contribution is 0.159. The molecule has 0 saturated heterocycles. The molecule has 0 fully saturated rings. The highest BCUT2D eigenvalue weighted by Gasteiger charge is 2.11. The zero-order valence-electron chi connectivity index (χ0n) is 10.3. The number of hydrogen-bond donors (Lipinski definition) is 2. The highest BCUT2D eigenvalue weighted by Crippen LogP contribution is 2.20. The molecule has 0 spiro atoms. The fraction of sp³-hybridized carbons (Fsp3) is 0.357. The Kier molecular flexibility index (Phi) is 3.59. The lowest BCUT2D eigenvalue weighted by Crippen LogP contribution is -2.03. The molecule has 3 heteroatoms. The Bertz CT molecular complexity index is 457. The standard InChI is InChI=1S/C14H18N2O/c1-10-4-3-5-11(2)12(10)6-7-13(17)14-15-8-9-16-14/h3-5,8-9,13,17H,6-7H2,1-2H3,(H,15,16). The second-order valence-corrected chi connectivity index (χ2v) is 4.40. The van der Waals surface area contributed by atoms with E-state index in [0.717, 1.165) is 6.42 Å². The van der Waals surface area contributed by atoms with Crippen LogP contribution in [0.2, 0.25) is 0 Å². The van der Waals surface area contributed by atoms with E-state index in [9.17, 15) is 5.11 Å². The van der Waals surface area contributed by atoms with Gasteiger partial charge in [-0.3, -0.25) is 0 Å². The van der Waals surface area contributed by atoms with Gasteiger partial charge in [0, 0.05) is 12.4 Å². The van der Waals surface area contributed by atoms with Gasteiger partial charge in [-0.25, -0.2) is 4.98 Å². The van der Waals surface area contributed by atoms with Crippen LogP contribution >= 0.6 is 0 Å². The summed E-state index contributed by atoms with van der Waals surface area (Å²) in [6.45, 7) is 4.23. The minimum Gasteiger partial charge on any atom is -0.385 e. The summed E-state index contributed by atoms with van der Waals surface area (Å²) in [5.74, 6) is 0.649. The molecule has 0 aliphatic heterocycles. The number of aromatic nitrogens is 2. The second kappa shape index (κ2) is 5.15. The minimum atomic E-state index is -0.510. The van der Waals surface area contributed by atoms with E-state index in [4.69, 9.17) is 0 Å². The maximum Gasteiger partial charge on any atom is 0.135 e. The number of aromatic amines is 1. The number of hydrogen-bond acceptors (Lipinski definition) is 2. The third-order valence-electron chi connectivity index (χ3n) is 3.15. The number of rotatable bonds is 4. The van der Waals surface area contributed by atoms with Gasteiger partial charge in [0.05, 0.1) is 0 Å². The van der Waals surface area contributed by atoms with E-state index in [-0.39, 0.29) is 0 Å². The van der Waals surface area contributed by atoms with Crippen molar-refractivity contribution in [2.75, 3.05) is 0 Å². The molecular weight excluding hydrogens is 212 g/mol. The number of H-pyrrole nitrogens is 1. The van der Waals surface area contributed by atoms with Crippen LogP contribution in [-0.2, 0) is 6.42 Å². The number of nitrogens with zero attached hydrogens (tertiary/aromatic N) is 1. The van der Waals surface area contributed by atoms with Crippen LogP contribution in [0.15, 0.2) is 30.6 Å². The summed E-state index contributed by atoms with van der Waals surface area (Å²) in [5, 5.41) is 9.96. The predicted octanol–water partition coefficient (Wildman–Crippen LogP) is 2.69. The quantitative estimate of drug-likeness (QED) is 0.848. The minimum absolute atomic E-state index is 0.510. The summed E-state index contributed by atoms with van der Waals surface area (Å²) in [5.41, 5.74) is 3.91. The zero-order chi connectivity index (χ0) is 12.3. The van der Waals surface area contributed by atoms with Crippen LogP contribution in [0.5, 0.6) is 0 Å². The van der Waals surface area contributed by atoms with Crippen LogP contribution in [0, 0.1) is 13.8 Å². The van der Waals surface area contributed by atoms with Crippen molar-refractivity contribution < 1.29 is 5.11 Å². The Hall–Kier alpha value is -1.61. The third-order valence-corrected chi connectivity index (χ3v) is 3.15. The molecule has 90 valence electrons. The van der Waals surface area contributed by atoms with Gasteiger partial charge >= 0.3 is 0 Å². The van der Waals surface area contributed by atoms with E-state index in [0.29, 0.717) is 12.2 Å². The Balaban J connectivity index is 2.03. The average molecular weight is 230 g/mol. The molecule has 2 N–H and O–H groups in total. The molecule has 1 atom stereocenters. The fourth-order valence-electron chi connectivity index (χ4n) is 2.12. The highest BCUT2D eigenvalue weighted by molar-refractivity contribution is 5.33. The molecule has 0 amide bonds. The van der Waals surface area contributed by atoms with E-state index in [1.807, 2.05) is 0 Å². The maximum absolute atomic E-state index is 9.96. The summed E-state index contributed by atoms with van der Waals surface area (Å²) < 4.78 is 0. The van der Waals surface area contributed by atoms with Crippen molar-refractivity contribution in [3.63, 3.8) is 0 Å². The van der Waals surface area contributed by atoms with Gasteiger partial charge < -0.3 is 10.1 Å². The second-order valence-electron chi connectivity index (χ2n) is 4.40. The van der Waals surface area contributed by atoms with Crippen molar-refractivity contribution in [2.45, 2.75) is 32.8 Å². The normalized spacial score (nSPS) is 12.6. The van der Waals surface area contributed by atoms with Crippen LogP contribution in [-0.4, -0.2) is 15.1 Å². The lowest BCUT2D eigenvalue weighted by Gasteiger charge is -2.12. The van der Waals surface area contributed by atoms with Crippen LogP contribution in [0.1, 0.15) is 35.0 Å². The van der Waals surface area contributed by atoms with E-state index in [2.05, 4.69) is 42.0 Å². The van der Waals surface area contributed by atoms with Gasteiger partial charge in [-0.2, -0.15) is 0 Å². The highest BCUT2D eigenvalue weighted by atomic mass is 16.3. The molecule has 1 unspecified atom stereocenters. The number of aliphatic hydroxyl groups excluding tert-OH is 1. The lowest BCUT2D eigenvalue weighted by atomic mass is 9.97. The molecule has 1 aromatic carbocycles. The van der Waals surface area contributed by atoms with Crippen LogP contribution in [0.4, 0.5) is 0 Å². The number of aryl methyl sites for hydroxylation is 2. The SMILES string of the molecule is Cc1cccc(C)c1CCC(O)c1ncc[nH]1. The van der Waals surface area contributed by atoms with Gasteiger partial charge in [-0.15, -0.1) is 0 Å². The predicted molar refractivity (Wildman–Crippen MR) is 67.8 cm³/mol. The van der Waals surface area contributed by atoms with Crippen LogP contribution < -0.4 is 0 Å². The Morgan fingerprint density at radius 2 is 2.00 bits per heavy atom. The van der Waals surface area contributed by atoms with Gasteiger partial charge in [0.15, 0.2) is 0 Å². The van der Waals surface area contributed by atoms with Gasteiger partial charge in [0.1, 0.15) is 11.9 Å². The molecule has 0 aliphatic rings. The summed E-state index contributed by atoms with van der Waals surface area (Å²) in [6.07, 6.45) is 4.46. The van der Waals surface area contributed by atoms with Gasteiger partial charge in [-0.05, 0) is 43.4 Å². The average Bonchev–Trinajstić information content (AvgIpc) is 2.81. The Morgan fingerprint density at radius 1 is 1.29 bits per heavy atom. The molecule has 0 radical (unpaired) electrons. The first-order chi connectivity index (χ1) is 8.18. The van der Waals surface area contributed by atoms with Gasteiger partial charge in [-0.1, -0.05) is 18.2 Å². The monoisotopic (exact) mass is 230 g/mol. The number of aliphatic hydroxyl groups is 1. The number of imidazole rings is 1. The summed E-state index contributed by atoms with van der Waals surface area (Å²) in [4.78, 5) is 7.01. The Labute approximate surface area is 102 Å². The van der Waals surface area contributed by atoms with Crippen molar-refractivity contribution >= 4 is 0 Å². The molecule has 17 heavy (non-hydrogen) atoms. The molecule has 0 aliphatic carbocycles. The molecule has 0 bridgehead atoms. The molecule has 3 nitrogen and oxygen atoms in total. The fourth-order valence-corrected chi connectivity index (χ4v) is 2.12. The maximum atomic E-state index is 9.96. The first kappa shape index (κ1) is 11.9. The number of nitrogens with one attached hydrogen (secondary N) is 1. The van der Waals surface area contributed by atoms with Crippen molar-refractivity contribution in [1.82, 2.24) is 9.97 Å². The topological polar surface area (TPSA) is 48.9 Å². The molecule has 2 rings (SSSR count). The largest absolute Gasteiger partial charge is 0.385 e.